The Morgan fingerprint density at radius 3 is 2.59 bits per heavy atom. The van der Waals surface area contributed by atoms with Crippen molar-refractivity contribution >= 4 is 56.0 Å². The zero-order chi connectivity index (χ0) is 16.3. The molecule has 0 aliphatic rings. The van der Waals surface area contributed by atoms with E-state index in [-0.39, 0.29) is 4.21 Å². The molecule has 0 saturated heterocycles. The van der Waals surface area contributed by atoms with Crippen LogP contribution in [-0.4, -0.2) is 27.2 Å². The van der Waals surface area contributed by atoms with Gasteiger partial charge < -0.3 is 10.1 Å². The van der Waals surface area contributed by atoms with Gasteiger partial charge in [0.05, 0.1) is 17.1 Å². The van der Waals surface area contributed by atoms with E-state index >= 15 is 0 Å². The average Bonchev–Trinajstić information content (AvgIpc) is 2.86. The van der Waals surface area contributed by atoms with Crippen LogP contribution in [0.1, 0.15) is 0 Å². The predicted octanol–water partition coefficient (Wildman–Crippen LogP) is 3.48. The monoisotopic (exact) mass is 379 g/mol. The van der Waals surface area contributed by atoms with Crippen molar-refractivity contribution in [2.75, 3.05) is 18.2 Å². The first-order valence-electron chi connectivity index (χ1n) is 5.93. The number of anilines is 1. The number of rotatable bonds is 5. The highest BCUT2D eigenvalue weighted by molar-refractivity contribution is 7.94. The van der Waals surface area contributed by atoms with E-state index in [0.717, 1.165) is 11.3 Å². The van der Waals surface area contributed by atoms with E-state index in [4.69, 9.17) is 27.9 Å². The van der Waals surface area contributed by atoms with Crippen molar-refractivity contribution in [1.29, 1.82) is 0 Å². The van der Waals surface area contributed by atoms with Crippen molar-refractivity contribution in [3.63, 3.8) is 0 Å². The quantitative estimate of drug-likeness (QED) is 0.862. The molecule has 0 unspecified atom stereocenters. The van der Waals surface area contributed by atoms with Crippen molar-refractivity contribution < 1.29 is 17.9 Å². The highest BCUT2D eigenvalue weighted by Crippen LogP contribution is 2.29. The van der Waals surface area contributed by atoms with Crippen LogP contribution < -0.4 is 10.1 Å². The zero-order valence-corrected chi connectivity index (χ0v) is 14.4. The van der Waals surface area contributed by atoms with Crippen LogP contribution in [0.5, 0.6) is 5.75 Å². The summed E-state index contributed by atoms with van der Waals surface area (Å²) in [4.78, 5) is 12.0. The van der Waals surface area contributed by atoms with Gasteiger partial charge in [0.1, 0.15) is 15.7 Å². The SMILES string of the molecule is COc1ccc(Cl)cc1NC(=O)CS(=O)(=O)c1ccc(Cl)s1. The summed E-state index contributed by atoms with van der Waals surface area (Å²) < 4.78 is 29.7. The topological polar surface area (TPSA) is 72.5 Å². The first kappa shape index (κ1) is 17.1. The first-order valence-corrected chi connectivity index (χ1v) is 9.16. The minimum Gasteiger partial charge on any atom is -0.495 e. The smallest absolute Gasteiger partial charge is 0.240 e. The summed E-state index contributed by atoms with van der Waals surface area (Å²) in [5.41, 5.74) is 0.305. The standard InChI is InChI=1S/C13H11Cl2NO4S2/c1-20-10-3-2-8(14)6-9(10)16-12(17)7-22(18,19)13-5-4-11(15)21-13/h2-6H,7H2,1H3,(H,16,17). The summed E-state index contributed by atoms with van der Waals surface area (Å²) in [6, 6.07) is 7.49. The molecule has 2 aromatic rings. The van der Waals surface area contributed by atoms with Crippen LogP contribution in [0.25, 0.3) is 0 Å². The van der Waals surface area contributed by atoms with Crippen molar-refractivity contribution in [3.05, 3.63) is 39.7 Å². The number of sulfone groups is 1. The second-order valence-corrected chi connectivity index (χ2v) is 8.58. The Bertz CT molecular complexity index is 802. The second-order valence-electron chi connectivity index (χ2n) is 4.21. The minimum atomic E-state index is -3.74. The van der Waals surface area contributed by atoms with E-state index in [9.17, 15) is 13.2 Å². The van der Waals surface area contributed by atoms with Gasteiger partial charge in [0.25, 0.3) is 0 Å². The van der Waals surface area contributed by atoms with Gasteiger partial charge in [0.2, 0.25) is 5.91 Å². The number of thiophene rings is 1. The van der Waals surface area contributed by atoms with Crippen LogP contribution in [0.3, 0.4) is 0 Å². The fourth-order valence-electron chi connectivity index (χ4n) is 1.67. The van der Waals surface area contributed by atoms with E-state index in [1.165, 1.54) is 25.3 Å². The Labute approximate surface area is 141 Å². The van der Waals surface area contributed by atoms with Gasteiger partial charge in [-0.05, 0) is 30.3 Å². The van der Waals surface area contributed by atoms with E-state index in [0.29, 0.717) is 20.8 Å². The number of hydrogen-bond donors (Lipinski definition) is 1. The second kappa shape index (κ2) is 6.87. The van der Waals surface area contributed by atoms with Gasteiger partial charge in [-0.2, -0.15) is 0 Å². The van der Waals surface area contributed by atoms with Gasteiger partial charge in [-0.25, -0.2) is 8.42 Å². The molecule has 0 aliphatic carbocycles. The molecule has 0 saturated carbocycles. The Hall–Kier alpha value is -1.28. The summed E-state index contributed by atoms with van der Waals surface area (Å²) >= 11 is 12.5. The van der Waals surface area contributed by atoms with Gasteiger partial charge in [-0.3, -0.25) is 4.79 Å². The Kier molecular flexibility index (Phi) is 5.33. The molecule has 2 rings (SSSR count). The molecule has 5 nitrogen and oxygen atoms in total. The molecule has 0 fully saturated rings. The molecule has 0 bridgehead atoms. The third kappa shape index (κ3) is 4.13. The fourth-order valence-corrected chi connectivity index (χ4v) is 4.55. The van der Waals surface area contributed by atoms with Crippen LogP contribution in [0.15, 0.2) is 34.5 Å². The first-order chi connectivity index (χ1) is 10.3. The average molecular weight is 380 g/mol. The maximum atomic E-state index is 12.1. The lowest BCUT2D eigenvalue weighted by Crippen LogP contribution is -2.22. The van der Waals surface area contributed by atoms with E-state index in [2.05, 4.69) is 5.32 Å². The summed E-state index contributed by atoms with van der Waals surface area (Å²) in [7, 11) is -2.31. The van der Waals surface area contributed by atoms with Gasteiger partial charge in [-0.1, -0.05) is 23.2 Å². The van der Waals surface area contributed by atoms with E-state index in [1.54, 1.807) is 12.1 Å². The van der Waals surface area contributed by atoms with E-state index < -0.39 is 21.5 Å². The number of carbonyl (C=O) groups excluding carboxylic acids is 1. The molecule has 0 spiro atoms. The summed E-state index contributed by atoms with van der Waals surface area (Å²) in [5, 5.41) is 2.87. The van der Waals surface area contributed by atoms with Gasteiger partial charge in [0.15, 0.2) is 9.84 Å². The van der Waals surface area contributed by atoms with Gasteiger partial charge in [0, 0.05) is 5.02 Å². The molecule has 1 N–H and O–H groups in total. The largest absolute Gasteiger partial charge is 0.495 e. The number of ether oxygens (including phenoxy) is 1. The molecule has 22 heavy (non-hydrogen) atoms. The third-order valence-corrected chi connectivity index (χ3v) is 6.28. The molecule has 9 heteroatoms. The number of methoxy groups -OCH3 is 1. The molecular formula is C13H11Cl2NO4S2. The molecule has 118 valence electrons. The van der Waals surface area contributed by atoms with Crippen molar-refractivity contribution in [1.82, 2.24) is 0 Å². The van der Waals surface area contributed by atoms with E-state index in [1.807, 2.05) is 0 Å². The maximum Gasteiger partial charge on any atom is 0.240 e. The maximum absolute atomic E-state index is 12.1. The van der Waals surface area contributed by atoms with Crippen molar-refractivity contribution in [2.24, 2.45) is 0 Å². The lowest BCUT2D eigenvalue weighted by molar-refractivity contribution is -0.113. The number of nitrogens with one attached hydrogen (secondary N) is 1. The Morgan fingerprint density at radius 2 is 2.00 bits per heavy atom. The number of halogens is 2. The normalized spacial score (nSPS) is 11.2. The minimum absolute atomic E-state index is 0.0470. The number of benzene rings is 1. The van der Waals surface area contributed by atoms with Gasteiger partial charge in [-0.15, -0.1) is 11.3 Å². The fraction of sp³-hybridized carbons (Fsp3) is 0.154. The van der Waals surface area contributed by atoms with Crippen molar-refractivity contribution in [2.45, 2.75) is 4.21 Å². The predicted molar refractivity (Wildman–Crippen MR) is 88.0 cm³/mol. The lowest BCUT2D eigenvalue weighted by Gasteiger charge is -2.10. The zero-order valence-electron chi connectivity index (χ0n) is 11.3. The molecule has 1 heterocycles. The van der Waals surface area contributed by atoms with Crippen LogP contribution in [0.4, 0.5) is 5.69 Å². The Balaban J connectivity index is 2.15. The highest BCUT2D eigenvalue weighted by Gasteiger charge is 2.22. The van der Waals surface area contributed by atoms with Crippen LogP contribution in [-0.2, 0) is 14.6 Å². The molecule has 1 amide bonds. The number of hydrogen-bond acceptors (Lipinski definition) is 5. The van der Waals surface area contributed by atoms with Crippen LogP contribution in [0.2, 0.25) is 9.36 Å². The van der Waals surface area contributed by atoms with Crippen LogP contribution >= 0.6 is 34.5 Å². The molecule has 1 aromatic carbocycles. The number of amides is 1. The molecule has 0 atom stereocenters. The van der Waals surface area contributed by atoms with Crippen molar-refractivity contribution in [3.8, 4) is 5.75 Å². The van der Waals surface area contributed by atoms with Gasteiger partial charge >= 0.3 is 0 Å². The molecule has 1 aromatic heterocycles. The van der Waals surface area contributed by atoms with Crippen LogP contribution in [0, 0.1) is 0 Å². The highest BCUT2D eigenvalue weighted by atomic mass is 35.5. The molecule has 0 aliphatic heterocycles. The number of carbonyl (C=O) groups is 1. The lowest BCUT2D eigenvalue weighted by atomic mass is 10.3. The molecular weight excluding hydrogens is 369 g/mol. The summed E-state index contributed by atoms with van der Waals surface area (Å²) in [6.07, 6.45) is 0. The Morgan fingerprint density at radius 1 is 1.27 bits per heavy atom. The molecule has 0 radical (unpaired) electrons. The third-order valence-electron chi connectivity index (χ3n) is 2.61. The summed E-state index contributed by atoms with van der Waals surface area (Å²) in [5.74, 6) is -1.00. The summed E-state index contributed by atoms with van der Waals surface area (Å²) in [6.45, 7) is 0.